The van der Waals surface area contributed by atoms with Crippen LogP contribution in [0.1, 0.15) is 22.3 Å². The van der Waals surface area contributed by atoms with E-state index in [1.165, 1.54) is 0 Å². The normalized spacial score (nSPS) is 14.2. The van der Waals surface area contributed by atoms with Gasteiger partial charge in [0, 0.05) is 56.0 Å². The van der Waals surface area contributed by atoms with Crippen LogP contribution in [0.4, 0.5) is 0 Å². The summed E-state index contributed by atoms with van der Waals surface area (Å²) in [5.41, 5.74) is 1.03. The summed E-state index contributed by atoms with van der Waals surface area (Å²) >= 11 is 0. The Morgan fingerprint density at radius 2 is 1.18 bits per heavy atom. The lowest BCUT2D eigenvalue weighted by atomic mass is 9.82. The number of carbonyl (C=O) groups excluding carboxylic acids is 1. The van der Waals surface area contributed by atoms with Crippen LogP contribution in [0.3, 0.4) is 0 Å². The van der Waals surface area contributed by atoms with Crippen LogP contribution in [0.15, 0.2) is 98.1 Å². The number of hydrogen-bond donors (Lipinski definition) is 2. The summed E-state index contributed by atoms with van der Waals surface area (Å²) < 4.78 is 17.6. The quantitative estimate of drug-likeness (QED) is 0.216. The average Bonchev–Trinajstić information content (AvgIpc) is 3.01. The SMILES string of the molecule is O=C(COCc1cccnc1)[C@@](Cc1cccnc1)(OCc1cccnc1)[C@H](O)[C@H](O)COCc1cccnc1. The van der Waals surface area contributed by atoms with Crippen molar-refractivity contribution in [1.29, 1.82) is 0 Å². The molecule has 3 atom stereocenters. The minimum absolute atomic E-state index is 0.0389. The van der Waals surface area contributed by atoms with Crippen molar-refractivity contribution in [3.63, 3.8) is 0 Å². The van der Waals surface area contributed by atoms with Gasteiger partial charge in [-0.25, -0.2) is 0 Å². The largest absolute Gasteiger partial charge is 0.388 e. The Labute approximate surface area is 232 Å². The topological polar surface area (TPSA) is 137 Å². The molecule has 0 aliphatic rings. The van der Waals surface area contributed by atoms with Gasteiger partial charge in [0.15, 0.2) is 11.4 Å². The van der Waals surface area contributed by atoms with Gasteiger partial charge in [-0.3, -0.25) is 24.7 Å². The van der Waals surface area contributed by atoms with E-state index in [2.05, 4.69) is 19.9 Å². The highest BCUT2D eigenvalue weighted by atomic mass is 16.5. The van der Waals surface area contributed by atoms with Crippen LogP contribution in [-0.4, -0.2) is 67.0 Å². The van der Waals surface area contributed by atoms with E-state index in [9.17, 15) is 15.0 Å². The Balaban J connectivity index is 1.56. The molecule has 0 bridgehead atoms. The smallest absolute Gasteiger partial charge is 0.193 e. The number of pyridine rings is 4. The third kappa shape index (κ3) is 8.28. The second kappa shape index (κ2) is 15.0. The van der Waals surface area contributed by atoms with Crippen molar-refractivity contribution in [3.8, 4) is 0 Å². The highest BCUT2D eigenvalue weighted by molar-refractivity contribution is 5.89. The molecule has 0 saturated heterocycles. The lowest BCUT2D eigenvalue weighted by Gasteiger charge is -2.38. The van der Waals surface area contributed by atoms with Gasteiger partial charge in [-0.1, -0.05) is 24.3 Å². The minimum atomic E-state index is -1.88. The van der Waals surface area contributed by atoms with Gasteiger partial charge in [0.1, 0.15) is 18.8 Å². The molecule has 0 saturated carbocycles. The van der Waals surface area contributed by atoms with Crippen molar-refractivity contribution >= 4 is 5.78 Å². The zero-order valence-corrected chi connectivity index (χ0v) is 22.0. The number of ketones is 1. The number of aliphatic hydroxyl groups is 2. The summed E-state index contributed by atoms with van der Waals surface area (Å²) in [5, 5.41) is 22.6. The van der Waals surface area contributed by atoms with E-state index >= 15 is 0 Å². The van der Waals surface area contributed by atoms with Gasteiger partial charge >= 0.3 is 0 Å². The lowest BCUT2D eigenvalue weighted by Crippen LogP contribution is -2.59. The Hall–Kier alpha value is -3.93. The molecular weight excluding hydrogens is 512 g/mol. The van der Waals surface area contributed by atoms with Crippen LogP contribution in [-0.2, 0) is 45.2 Å². The van der Waals surface area contributed by atoms with Gasteiger partial charge in [-0.05, 0) is 46.5 Å². The number of carbonyl (C=O) groups is 1. The van der Waals surface area contributed by atoms with Crippen molar-refractivity contribution in [2.45, 2.75) is 44.1 Å². The fourth-order valence-electron chi connectivity index (χ4n) is 4.14. The molecule has 10 nitrogen and oxygen atoms in total. The Morgan fingerprint density at radius 3 is 1.68 bits per heavy atom. The average molecular weight is 545 g/mol. The highest BCUT2D eigenvalue weighted by Crippen LogP contribution is 2.28. The van der Waals surface area contributed by atoms with E-state index in [-0.39, 0.29) is 39.5 Å². The molecule has 2 N–H and O–H groups in total. The molecule has 0 aliphatic heterocycles. The molecule has 0 spiro atoms. The van der Waals surface area contributed by atoms with Gasteiger partial charge in [0.05, 0.1) is 26.4 Å². The van der Waals surface area contributed by atoms with Crippen LogP contribution in [0.5, 0.6) is 0 Å². The zero-order valence-electron chi connectivity index (χ0n) is 22.0. The number of Topliss-reactive ketones (excluding diaryl/α,β-unsaturated/α-hetero) is 1. The minimum Gasteiger partial charge on any atom is -0.388 e. The third-order valence-corrected chi connectivity index (χ3v) is 6.23. The maximum absolute atomic E-state index is 13.9. The number of ether oxygens (including phenoxy) is 3. The summed E-state index contributed by atoms with van der Waals surface area (Å²) in [4.78, 5) is 30.3. The summed E-state index contributed by atoms with van der Waals surface area (Å²) in [6.07, 6.45) is 9.85. The standard InChI is InChI=1S/C30H32N4O6/c35-27(21-38-18-24-6-2-10-32-15-24)29(37)30(13-23-5-1-9-31-14-23,40-20-26-8-4-12-34-17-26)28(36)22-39-19-25-7-3-11-33-16-25/h1-12,14-17,27,29,35,37H,13,18-22H2/t27-,29-,30-/m1/s1. The first-order valence-corrected chi connectivity index (χ1v) is 12.8. The Bertz CT molecular complexity index is 1280. The lowest BCUT2D eigenvalue weighted by molar-refractivity contribution is -0.189. The van der Waals surface area contributed by atoms with Gasteiger partial charge in [-0.15, -0.1) is 0 Å². The predicted octanol–water partition coefficient (Wildman–Crippen LogP) is 2.49. The summed E-state index contributed by atoms with van der Waals surface area (Å²) in [6.45, 7) is -0.347. The maximum atomic E-state index is 13.9. The molecule has 0 amide bonds. The van der Waals surface area contributed by atoms with Crippen molar-refractivity contribution in [3.05, 3.63) is 120 Å². The number of hydrogen-bond acceptors (Lipinski definition) is 10. The molecule has 4 heterocycles. The number of aromatic nitrogens is 4. The molecule has 10 heteroatoms. The second-order valence-electron chi connectivity index (χ2n) is 9.24. The fourth-order valence-corrected chi connectivity index (χ4v) is 4.14. The van der Waals surface area contributed by atoms with Gasteiger partial charge in [-0.2, -0.15) is 0 Å². The van der Waals surface area contributed by atoms with E-state index < -0.39 is 23.6 Å². The van der Waals surface area contributed by atoms with Crippen molar-refractivity contribution < 1.29 is 29.2 Å². The first-order valence-electron chi connectivity index (χ1n) is 12.8. The Kier molecular flexibility index (Phi) is 10.9. The zero-order chi connectivity index (χ0) is 28.0. The summed E-state index contributed by atoms with van der Waals surface area (Å²) in [5.74, 6) is -0.539. The van der Waals surface area contributed by atoms with Crippen LogP contribution < -0.4 is 0 Å². The number of nitrogens with zero attached hydrogens (tertiary/aromatic N) is 4. The van der Waals surface area contributed by atoms with Gasteiger partial charge < -0.3 is 24.4 Å². The molecule has 0 unspecified atom stereocenters. The van der Waals surface area contributed by atoms with Crippen LogP contribution in [0.2, 0.25) is 0 Å². The van der Waals surface area contributed by atoms with Gasteiger partial charge in [0.25, 0.3) is 0 Å². The molecular formula is C30H32N4O6. The number of rotatable bonds is 16. The van der Waals surface area contributed by atoms with Crippen LogP contribution in [0, 0.1) is 0 Å². The van der Waals surface area contributed by atoms with E-state index in [1.807, 2.05) is 12.1 Å². The van der Waals surface area contributed by atoms with E-state index in [1.54, 1.807) is 86.0 Å². The summed E-state index contributed by atoms with van der Waals surface area (Å²) in [6, 6.07) is 14.3. The van der Waals surface area contributed by atoms with Crippen LogP contribution >= 0.6 is 0 Å². The molecule has 0 fully saturated rings. The molecule has 4 rings (SSSR count). The molecule has 0 radical (unpaired) electrons. The van der Waals surface area contributed by atoms with Crippen molar-refractivity contribution in [1.82, 2.24) is 19.9 Å². The highest BCUT2D eigenvalue weighted by Gasteiger charge is 2.49. The van der Waals surface area contributed by atoms with Crippen LogP contribution in [0.25, 0.3) is 0 Å². The van der Waals surface area contributed by atoms with Crippen molar-refractivity contribution in [2.24, 2.45) is 0 Å². The van der Waals surface area contributed by atoms with E-state index in [0.717, 1.165) is 11.1 Å². The van der Waals surface area contributed by atoms with E-state index in [4.69, 9.17) is 14.2 Å². The number of aliphatic hydroxyl groups excluding tert-OH is 2. The fraction of sp³-hybridized carbons (Fsp3) is 0.300. The molecule has 40 heavy (non-hydrogen) atoms. The van der Waals surface area contributed by atoms with Gasteiger partial charge in [0.2, 0.25) is 0 Å². The molecule has 208 valence electrons. The molecule has 0 aliphatic carbocycles. The van der Waals surface area contributed by atoms with E-state index in [0.29, 0.717) is 11.1 Å². The monoisotopic (exact) mass is 544 g/mol. The third-order valence-electron chi connectivity index (χ3n) is 6.23. The molecule has 4 aromatic rings. The first kappa shape index (κ1) is 29.1. The molecule has 0 aromatic carbocycles. The second-order valence-corrected chi connectivity index (χ2v) is 9.24. The Morgan fingerprint density at radius 1 is 0.700 bits per heavy atom. The molecule has 4 aromatic heterocycles. The predicted molar refractivity (Wildman–Crippen MR) is 145 cm³/mol. The summed E-state index contributed by atoms with van der Waals surface area (Å²) in [7, 11) is 0. The first-order chi connectivity index (χ1) is 19.6. The maximum Gasteiger partial charge on any atom is 0.193 e. The van der Waals surface area contributed by atoms with Crippen molar-refractivity contribution in [2.75, 3.05) is 13.2 Å².